The molecular weight excluding hydrogens is 312 g/mol. The summed E-state index contributed by atoms with van der Waals surface area (Å²) in [6.45, 7) is 4.85. The van der Waals surface area contributed by atoms with Crippen LogP contribution in [0.25, 0.3) is 0 Å². The lowest BCUT2D eigenvalue weighted by Crippen LogP contribution is -2.38. The smallest absolute Gasteiger partial charge is 0.251 e. The minimum absolute atomic E-state index is 0.0342. The summed E-state index contributed by atoms with van der Waals surface area (Å²) >= 11 is 0. The largest absolute Gasteiger partial charge is 0.384 e. The first-order chi connectivity index (χ1) is 12.2. The number of ether oxygens (including phenoxy) is 1. The Bertz CT molecular complexity index is 544. The van der Waals surface area contributed by atoms with Crippen LogP contribution in [0.4, 0.5) is 0 Å². The molecule has 1 saturated heterocycles. The van der Waals surface area contributed by atoms with Gasteiger partial charge in [-0.15, -0.1) is 0 Å². The molecule has 1 amide bonds. The number of hydrogen-bond donors (Lipinski definition) is 1. The van der Waals surface area contributed by atoms with Crippen molar-refractivity contribution in [3.8, 4) is 0 Å². The highest BCUT2D eigenvalue weighted by molar-refractivity contribution is 5.94. The quantitative estimate of drug-likeness (QED) is 0.821. The molecule has 1 aliphatic carbocycles. The molecule has 0 spiro atoms. The van der Waals surface area contributed by atoms with Crippen LogP contribution in [-0.2, 0) is 11.3 Å². The molecule has 1 N–H and O–H groups in total. The number of hydrogen-bond acceptors (Lipinski definition) is 3. The highest BCUT2D eigenvalue weighted by Gasteiger charge is 2.34. The van der Waals surface area contributed by atoms with E-state index in [2.05, 4.69) is 22.3 Å². The van der Waals surface area contributed by atoms with Crippen molar-refractivity contribution in [3.05, 3.63) is 35.4 Å². The lowest BCUT2D eigenvalue weighted by molar-refractivity contribution is 0.0740. The van der Waals surface area contributed by atoms with Crippen molar-refractivity contribution in [2.24, 2.45) is 5.41 Å². The Morgan fingerprint density at radius 1 is 1.08 bits per heavy atom. The number of carbonyl (C=O) groups excluding carboxylic acids is 1. The third kappa shape index (κ3) is 5.05. The van der Waals surface area contributed by atoms with E-state index >= 15 is 0 Å². The van der Waals surface area contributed by atoms with Gasteiger partial charge in [0.15, 0.2) is 0 Å². The van der Waals surface area contributed by atoms with E-state index in [-0.39, 0.29) is 11.3 Å². The van der Waals surface area contributed by atoms with Gasteiger partial charge in [-0.3, -0.25) is 9.69 Å². The van der Waals surface area contributed by atoms with E-state index in [0.717, 1.165) is 38.1 Å². The molecule has 1 aliphatic heterocycles. The maximum absolute atomic E-state index is 12.5. The minimum Gasteiger partial charge on any atom is -0.384 e. The molecule has 0 bridgehead atoms. The van der Waals surface area contributed by atoms with Crippen LogP contribution >= 0.6 is 0 Å². The molecule has 0 atom stereocenters. The average Bonchev–Trinajstić information content (AvgIpc) is 3.10. The zero-order chi connectivity index (χ0) is 17.5. The van der Waals surface area contributed by atoms with E-state index in [1.807, 2.05) is 12.1 Å². The van der Waals surface area contributed by atoms with E-state index in [1.165, 1.54) is 50.8 Å². The van der Waals surface area contributed by atoms with E-state index in [9.17, 15) is 4.79 Å². The molecule has 1 aromatic rings. The van der Waals surface area contributed by atoms with Crippen molar-refractivity contribution < 1.29 is 9.53 Å². The lowest BCUT2D eigenvalue weighted by Gasteiger charge is -2.28. The zero-order valence-electron chi connectivity index (χ0n) is 15.6. The van der Waals surface area contributed by atoms with Gasteiger partial charge in [-0.1, -0.05) is 31.4 Å². The second-order valence-corrected chi connectivity index (χ2v) is 7.86. The van der Waals surface area contributed by atoms with Gasteiger partial charge in [0.2, 0.25) is 0 Å². The Morgan fingerprint density at radius 3 is 2.40 bits per heavy atom. The zero-order valence-corrected chi connectivity index (χ0v) is 15.6. The second kappa shape index (κ2) is 8.81. The Hall–Kier alpha value is -1.39. The molecule has 25 heavy (non-hydrogen) atoms. The lowest BCUT2D eigenvalue weighted by atomic mass is 9.87. The molecule has 1 heterocycles. The average molecular weight is 344 g/mol. The van der Waals surface area contributed by atoms with Gasteiger partial charge < -0.3 is 10.1 Å². The van der Waals surface area contributed by atoms with Crippen LogP contribution in [0.5, 0.6) is 0 Å². The summed E-state index contributed by atoms with van der Waals surface area (Å²) < 4.78 is 5.40. The number of methoxy groups -OCH3 is 1. The summed E-state index contributed by atoms with van der Waals surface area (Å²) in [5, 5.41) is 3.14. The predicted molar refractivity (Wildman–Crippen MR) is 101 cm³/mol. The topological polar surface area (TPSA) is 41.6 Å². The van der Waals surface area contributed by atoms with Crippen LogP contribution in [0.1, 0.15) is 60.9 Å². The number of nitrogens with zero attached hydrogens (tertiary/aromatic N) is 1. The highest BCUT2D eigenvalue weighted by atomic mass is 16.5. The molecular formula is C21H32N2O2. The minimum atomic E-state index is 0.0342. The fourth-order valence-corrected chi connectivity index (χ4v) is 4.31. The number of piperidine rings is 1. The van der Waals surface area contributed by atoms with Crippen LogP contribution in [-0.4, -0.2) is 44.2 Å². The monoisotopic (exact) mass is 344 g/mol. The van der Waals surface area contributed by atoms with Crippen molar-refractivity contribution in [3.63, 3.8) is 0 Å². The van der Waals surface area contributed by atoms with Gasteiger partial charge in [0.1, 0.15) is 0 Å². The van der Waals surface area contributed by atoms with Crippen molar-refractivity contribution in [2.45, 2.75) is 51.5 Å². The molecule has 0 radical (unpaired) electrons. The molecule has 138 valence electrons. The van der Waals surface area contributed by atoms with E-state index in [0.29, 0.717) is 0 Å². The van der Waals surface area contributed by atoms with Gasteiger partial charge >= 0.3 is 0 Å². The Labute approximate surface area is 151 Å². The maximum atomic E-state index is 12.5. The molecule has 0 aromatic heterocycles. The number of carbonyl (C=O) groups is 1. The predicted octanol–water partition coefficient (Wildman–Crippen LogP) is 3.61. The summed E-state index contributed by atoms with van der Waals surface area (Å²) in [6.07, 6.45) is 8.76. The van der Waals surface area contributed by atoms with Crippen LogP contribution < -0.4 is 5.32 Å². The van der Waals surface area contributed by atoms with Crippen molar-refractivity contribution in [1.82, 2.24) is 10.2 Å². The second-order valence-electron chi connectivity index (χ2n) is 7.86. The van der Waals surface area contributed by atoms with Gasteiger partial charge in [-0.25, -0.2) is 0 Å². The first kappa shape index (κ1) is 18.4. The van der Waals surface area contributed by atoms with Crippen LogP contribution in [0.2, 0.25) is 0 Å². The van der Waals surface area contributed by atoms with Gasteiger partial charge in [0.25, 0.3) is 5.91 Å². The number of nitrogens with one attached hydrogen (secondary N) is 1. The molecule has 0 unspecified atom stereocenters. The highest BCUT2D eigenvalue weighted by Crippen LogP contribution is 2.37. The van der Waals surface area contributed by atoms with E-state index in [4.69, 9.17) is 4.74 Å². The van der Waals surface area contributed by atoms with Crippen molar-refractivity contribution >= 4 is 5.91 Å². The summed E-state index contributed by atoms with van der Waals surface area (Å²) in [4.78, 5) is 15.0. The normalized spacial score (nSPS) is 20.5. The number of amides is 1. The number of benzene rings is 1. The summed E-state index contributed by atoms with van der Waals surface area (Å²) in [5.74, 6) is 0.0342. The maximum Gasteiger partial charge on any atom is 0.251 e. The van der Waals surface area contributed by atoms with Gasteiger partial charge in [-0.05, 0) is 56.5 Å². The number of likely N-dealkylation sites (tertiary alicyclic amines) is 1. The van der Waals surface area contributed by atoms with Gasteiger partial charge in [-0.2, -0.15) is 0 Å². The van der Waals surface area contributed by atoms with Crippen LogP contribution in [0.3, 0.4) is 0 Å². The first-order valence-electron chi connectivity index (χ1n) is 9.79. The summed E-state index contributed by atoms with van der Waals surface area (Å²) in [7, 11) is 1.75. The summed E-state index contributed by atoms with van der Waals surface area (Å²) in [5.41, 5.74) is 2.19. The molecule has 1 aromatic carbocycles. The summed E-state index contributed by atoms with van der Waals surface area (Å²) in [6, 6.07) is 8.13. The third-order valence-corrected chi connectivity index (χ3v) is 5.81. The molecule has 4 nitrogen and oxygen atoms in total. The molecule has 3 rings (SSSR count). The third-order valence-electron chi connectivity index (χ3n) is 5.81. The molecule has 2 fully saturated rings. The van der Waals surface area contributed by atoms with Gasteiger partial charge in [0, 0.05) is 31.2 Å². The van der Waals surface area contributed by atoms with Crippen molar-refractivity contribution in [1.29, 1.82) is 0 Å². The first-order valence-corrected chi connectivity index (χ1v) is 9.79. The van der Waals surface area contributed by atoms with Gasteiger partial charge in [0.05, 0.1) is 6.61 Å². The SMILES string of the molecule is COCC1(CNC(=O)c2ccc(CN3CCCCC3)cc2)CCCC1. The van der Waals surface area contributed by atoms with E-state index in [1.54, 1.807) is 7.11 Å². The fourth-order valence-electron chi connectivity index (χ4n) is 4.31. The Balaban J connectivity index is 1.51. The standard InChI is InChI=1S/C21H32N2O2/c1-25-17-21(11-3-4-12-21)16-22-20(24)19-9-7-18(8-10-19)15-23-13-5-2-6-14-23/h7-10H,2-6,11-17H2,1H3,(H,22,24). The number of rotatable bonds is 7. The van der Waals surface area contributed by atoms with E-state index < -0.39 is 0 Å². The molecule has 4 heteroatoms. The van der Waals surface area contributed by atoms with Crippen molar-refractivity contribution in [2.75, 3.05) is 33.4 Å². The van der Waals surface area contributed by atoms with Crippen LogP contribution in [0.15, 0.2) is 24.3 Å². The fraction of sp³-hybridized carbons (Fsp3) is 0.667. The Kier molecular flexibility index (Phi) is 6.49. The molecule has 2 aliphatic rings. The Morgan fingerprint density at radius 2 is 1.76 bits per heavy atom. The van der Waals surface area contributed by atoms with Crippen LogP contribution in [0, 0.1) is 5.41 Å². The molecule has 1 saturated carbocycles.